The van der Waals surface area contributed by atoms with Gasteiger partial charge in [0.2, 0.25) is 0 Å². The van der Waals surface area contributed by atoms with E-state index in [-0.39, 0.29) is 11.5 Å². The first kappa shape index (κ1) is 12.7. The number of phenolic OH excluding ortho intramolecular Hbond substituents is 1. The highest BCUT2D eigenvalue weighted by molar-refractivity contribution is 5.96. The zero-order chi connectivity index (χ0) is 12.1. The smallest absolute Gasteiger partial charge is 0.164 e. The molecule has 0 saturated carbocycles. The maximum Gasteiger partial charge on any atom is 0.164 e. The second-order valence-electron chi connectivity index (χ2n) is 4.04. The third-order valence-corrected chi connectivity index (χ3v) is 2.26. The standard InChI is InChI=1S/C12H18N2O2/c1-14(2)8-10-7-9(3-4-11(10)15)12(16)5-6-13/h3-4,7,15H,5-6,8,13H2,1-2H3. The highest BCUT2D eigenvalue weighted by Gasteiger charge is 2.09. The van der Waals surface area contributed by atoms with Gasteiger partial charge in [-0.2, -0.15) is 0 Å². The van der Waals surface area contributed by atoms with Crippen molar-refractivity contribution in [2.45, 2.75) is 13.0 Å². The maximum absolute atomic E-state index is 11.6. The summed E-state index contributed by atoms with van der Waals surface area (Å²) >= 11 is 0. The van der Waals surface area contributed by atoms with Gasteiger partial charge < -0.3 is 15.7 Å². The number of benzene rings is 1. The predicted molar refractivity (Wildman–Crippen MR) is 63.5 cm³/mol. The van der Waals surface area contributed by atoms with E-state index in [0.29, 0.717) is 25.1 Å². The number of hydrogen-bond acceptors (Lipinski definition) is 4. The molecule has 0 aromatic heterocycles. The molecule has 0 atom stereocenters. The van der Waals surface area contributed by atoms with Crippen LogP contribution in [0.15, 0.2) is 18.2 Å². The van der Waals surface area contributed by atoms with Crippen molar-refractivity contribution in [2.24, 2.45) is 5.73 Å². The quantitative estimate of drug-likeness (QED) is 0.729. The lowest BCUT2D eigenvalue weighted by Crippen LogP contribution is -2.12. The van der Waals surface area contributed by atoms with Crippen LogP contribution in [0.1, 0.15) is 22.3 Å². The van der Waals surface area contributed by atoms with E-state index < -0.39 is 0 Å². The highest BCUT2D eigenvalue weighted by atomic mass is 16.3. The molecule has 0 spiro atoms. The van der Waals surface area contributed by atoms with Crippen LogP contribution in [-0.2, 0) is 6.54 Å². The summed E-state index contributed by atoms with van der Waals surface area (Å²) in [5.74, 6) is 0.237. The molecule has 0 saturated heterocycles. The summed E-state index contributed by atoms with van der Waals surface area (Å²) in [5.41, 5.74) is 6.71. The molecule has 16 heavy (non-hydrogen) atoms. The van der Waals surface area contributed by atoms with Crippen molar-refractivity contribution in [1.29, 1.82) is 0 Å². The number of aromatic hydroxyl groups is 1. The Labute approximate surface area is 95.7 Å². The van der Waals surface area contributed by atoms with Gasteiger partial charge in [0.25, 0.3) is 0 Å². The third-order valence-electron chi connectivity index (χ3n) is 2.26. The molecule has 0 radical (unpaired) electrons. The minimum absolute atomic E-state index is 0.0162. The number of phenols is 1. The molecule has 3 N–H and O–H groups in total. The normalized spacial score (nSPS) is 10.8. The Morgan fingerprint density at radius 3 is 2.69 bits per heavy atom. The molecular weight excluding hydrogens is 204 g/mol. The second kappa shape index (κ2) is 5.63. The topological polar surface area (TPSA) is 66.6 Å². The Bertz CT molecular complexity index is 375. The lowest BCUT2D eigenvalue weighted by molar-refractivity contribution is 0.0985. The number of carbonyl (C=O) groups is 1. The summed E-state index contributed by atoms with van der Waals surface area (Å²) in [6.45, 7) is 0.957. The molecule has 0 fully saturated rings. The van der Waals surface area contributed by atoms with Gasteiger partial charge in [0.1, 0.15) is 5.75 Å². The van der Waals surface area contributed by atoms with Gasteiger partial charge in [0.05, 0.1) is 0 Å². The fourth-order valence-corrected chi connectivity index (χ4v) is 1.50. The third kappa shape index (κ3) is 3.32. The number of hydrogen-bond donors (Lipinski definition) is 2. The van der Waals surface area contributed by atoms with Gasteiger partial charge in [-0.15, -0.1) is 0 Å². The number of nitrogens with zero attached hydrogens (tertiary/aromatic N) is 1. The summed E-state index contributed by atoms with van der Waals surface area (Å²) < 4.78 is 0. The number of Topliss-reactive ketones (excluding diaryl/α,β-unsaturated/α-hetero) is 1. The van der Waals surface area contributed by atoms with Crippen LogP contribution < -0.4 is 5.73 Å². The monoisotopic (exact) mass is 222 g/mol. The van der Waals surface area contributed by atoms with Crippen LogP contribution in [0.25, 0.3) is 0 Å². The summed E-state index contributed by atoms with van der Waals surface area (Å²) in [7, 11) is 3.82. The zero-order valence-corrected chi connectivity index (χ0v) is 9.73. The van der Waals surface area contributed by atoms with Crippen LogP contribution in [0.3, 0.4) is 0 Å². The summed E-state index contributed by atoms with van der Waals surface area (Å²) in [4.78, 5) is 13.6. The molecule has 4 heteroatoms. The van der Waals surface area contributed by atoms with Crippen LogP contribution >= 0.6 is 0 Å². The lowest BCUT2D eigenvalue weighted by atomic mass is 10.0. The predicted octanol–water partition coefficient (Wildman–Crippen LogP) is 0.985. The SMILES string of the molecule is CN(C)Cc1cc(C(=O)CCN)ccc1O. The van der Waals surface area contributed by atoms with Crippen molar-refractivity contribution in [1.82, 2.24) is 4.90 Å². The Balaban J connectivity index is 2.93. The average molecular weight is 222 g/mol. The molecule has 0 unspecified atom stereocenters. The molecule has 1 rings (SSSR count). The maximum atomic E-state index is 11.6. The van der Waals surface area contributed by atoms with Crippen LogP contribution in [0.5, 0.6) is 5.75 Å². The minimum Gasteiger partial charge on any atom is -0.508 e. The van der Waals surface area contributed by atoms with Crippen molar-refractivity contribution in [3.63, 3.8) is 0 Å². The number of carbonyl (C=O) groups excluding carboxylic acids is 1. The van der Waals surface area contributed by atoms with Crippen molar-refractivity contribution >= 4 is 5.78 Å². The fraction of sp³-hybridized carbons (Fsp3) is 0.417. The van der Waals surface area contributed by atoms with Gasteiger partial charge in [-0.3, -0.25) is 4.79 Å². The van der Waals surface area contributed by atoms with E-state index in [4.69, 9.17) is 5.73 Å². The molecule has 0 bridgehead atoms. The fourth-order valence-electron chi connectivity index (χ4n) is 1.50. The van der Waals surface area contributed by atoms with Crippen LogP contribution in [0, 0.1) is 0 Å². The summed E-state index contributed by atoms with van der Waals surface area (Å²) in [6, 6.07) is 4.92. The number of rotatable bonds is 5. The average Bonchev–Trinajstić information content (AvgIpc) is 2.21. The Morgan fingerprint density at radius 2 is 2.12 bits per heavy atom. The Morgan fingerprint density at radius 1 is 1.44 bits per heavy atom. The molecule has 0 heterocycles. The van der Waals surface area contributed by atoms with Gasteiger partial charge in [-0.1, -0.05) is 0 Å². The first-order valence-electron chi connectivity index (χ1n) is 5.24. The molecular formula is C12H18N2O2. The van der Waals surface area contributed by atoms with E-state index in [1.165, 1.54) is 0 Å². The van der Waals surface area contributed by atoms with Crippen LogP contribution in [0.2, 0.25) is 0 Å². The van der Waals surface area contributed by atoms with E-state index >= 15 is 0 Å². The Hall–Kier alpha value is -1.39. The molecule has 1 aromatic rings. The van der Waals surface area contributed by atoms with E-state index in [1.54, 1.807) is 18.2 Å². The van der Waals surface area contributed by atoms with E-state index in [9.17, 15) is 9.90 Å². The first-order valence-corrected chi connectivity index (χ1v) is 5.24. The van der Waals surface area contributed by atoms with Crippen molar-refractivity contribution in [2.75, 3.05) is 20.6 Å². The second-order valence-corrected chi connectivity index (χ2v) is 4.04. The lowest BCUT2D eigenvalue weighted by Gasteiger charge is -2.12. The van der Waals surface area contributed by atoms with E-state index in [2.05, 4.69) is 0 Å². The van der Waals surface area contributed by atoms with Gasteiger partial charge in [0.15, 0.2) is 5.78 Å². The van der Waals surface area contributed by atoms with Gasteiger partial charge >= 0.3 is 0 Å². The number of ketones is 1. The summed E-state index contributed by atoms with van der Waals surface area (Å²) in [5, 5.41) is 9.63. The molecule has 0 aliphatic carbocycles. The van der Waals surface area contributed by atoms with Gasteiger partial charge in [-0.05, 0) is 38.8 Å². The molecule has 88 valence electrons. The Kier molecular flexibility index (Phi) is 4.46. The molecule has 1 aromatic carbocycles. The van der Waals surface area contributed by atoms with E-state index in [0.717, 1.165) is 5.56 Å². The van der Waals surface area contributed by atoms with Crippen molar-refractivity contribution < 1.29 is 9.90 Å². The zero-order valence-electron chi connectivity index (χ0n) is 9.73. The van der Waals surface area contributed by atoms with Crippen LogP contribution in [-0.4, -0.2) is 36.4 Å². The molecule has 0 amide bonds. The summed E-state index contributed by atoms with van der Waals surface area (Å²) in [6.07, 6.45) is 0.339. The van der Waals surface area contributed by atoms with Crippen LogP contribution in [0.4, 0.5) is 0 Å². The first-order chi connectivity index (χ1) is 7.54. The minimum atomic E-state index is 0.0162. The van der Waals surface area contributed by atoms with Crippen molar-refractivity contribution in [3.8, 4) is 5.75 Å². The largest absolute Gasteiger partial charge is 0.508 e. The highest BCUT2D eigenvalue weighted by Crippen LogP contribution is 2.20. The van der Waals surface area contributed by atoms with E-state index in [1.807, 2.05) is 19.0 Å². The molecule has 4 nitrogen and oxygen atoms in total. The van der Waals surface area contributed by atoms with Crippen molar-refractivity contribution in [3.05, 3.63) is 29.3 Å². The molecule has 0 aliphatic rings. The molecule has 0 aliphatic heterocycles. The number of nitrogens with two attached hydrogens (primary N) is 1. The van der Waals surface area contributed by atoms with Gasteiger partial charge in [-0.25, -0.2) is 0 Å². The van der Waals surface area contributed by atoms with Gasteiger partial charge in [0, 0.05) is 24.1 Å².